The molecule has 1 saturated heterocycles. The maximum absolute atomic E-state index is 13.1. The van der Waals surface area contributed by atoms with Gasteiger partial charge in [0, 0.05) is 13.2 Å². The Morgan fingerprint density at radius 2 is 2.04 bits per heavy atom. The summed E-state index contributed by atoms with van der Waals surface area (Å²) < 4.78 is 24.4. The molecular weight excluding hydrogens is 321 g/mol. The monoisotopic (exact) mass is 343 g/mol. The van der Waals surface area contributed by atoms with E-state index in [9.17, 15) is 9.18 Å². The Morgan fingerprint density at radius 3 is 2.76 bits per heavy atom. The van der Waals surface area contributed by atoms with Gasteiger partial charge >= 0.3 is 0 Å². The van der Waals surface area contributed by atoms with Crippen molar-refractivity contribution in [3.8, 4) is 5.75 Å². The summed E-state index contributed by atoms with van der Waals surface area (Å²) in [7, 11) is 0. The van der Waals surface area contributed by atoms with Gasteiger partial charge in [-0.25, -0.2) is 4.39 Å². The molecule has 1 atom stereocenters. The average Bonchev–Trinajstić information content (AvgIpc) is 3.13. The zero-order valence-electron chi connectivity index (χ0n) is 14.0. The lowest BCUT2D eigenvalue weighted by Gasteiger charge is -2.12. The van der Waals surface area contributed by atoms with Crippen molar-refractivity contribution in [2.45, 2.75) is 31.9 Å². The van der Waals surface area contributed by atoms with Crippen LogP contribution in [0.25, 0.3) is 0 Å². The number of carbonyl (C=O) groups is 1. The summed E-state index contributed by atoms with van der Waals surface area (Å²) >= 11 is 0. The predicted molar refractivity (Wildman–Crippen MR) is 92.9 cm³/mol. The molecule has 4 nitrogen and oxygen atoms in total. The Hall–Kier alpha value is -2.40. The van der Waals surface area contributed by atoms with E-state index in [2.05, 4.69) is 5.32 Å². The van der Waals surface area contributed by atoms with Crippen molar-refractivity contribution in [2.24, 2.45) is 0 Å². The molecular formula is C20H22FNO3. The lowest BCUT2D eigenvalue weighted by atomic mass is 10.1. The van der Waals surface area contributed by atoms with Crippen LogP contribution in [-0.2, 0) is 22.5 Å². The zero-order valence-corrected chi connectivity index (χ0v) is 14.0. The topological polar surface area (TPSA) is 47.6 Å². The lowest BCUT2D eigenvalue weighted by Crippen LogP contribution is -2.24. The molecule has 1 heterocycles. The van der Waals surface area contributed by atoms with Gasteiger partial charge in [-0.1, -0.05) is 24.3 Å². The number of hydrogen-bond donors (Lipinski definition) is 1. The van der Waals surface area contributed by atoms with Gasteiger partial charge in [-0.05, 0) is 48.2 Å². The van der Waals surface area contributed by atoms with E-state index in [1.54, 1.807) is 12.1 Å². The summed E-state index contributed by atoms with van der Waals surface area (Å²) in [5.41, 5.74) is 1.65. The smallest absolute Gasteiger partial charge is 0.224 e. The standard InChI is InChI=1S/C20H22FNO3/c21-17-4-1-3-16(11-17)12-20(23)22-13-15-6-8-18(9-7-15)25-14-19-5-2-10-24-19/h1,3-4,6-9,11,19H,2,5,10,12-14H2,(H,22,23)/t19-/m0/s1. The molecule has 0 saturated carbocycles. The van der Waals surface area contributed by atoms with Gasteiger partial charge < -0.3 is 14.8 Å². The SMILES string of the molecule is O=C(Cc1cccc(F)c1)NCc1ccc(OC[C@@H]2CCCO2)cc1. The molecule has 132 valence electrons. The second kappa shape index (κ2) is 8.62. The van der Waals surface area contributed by atoms with Crippen LogP contribution in [0.3, 0.4) is 0 Å². The number of ether oxygens (including phenoxy) is 2. The van der Waals surface area contributed by atoms with E-state index in [1.807, 2.05) is 24.3 Å². The van der Waals surface area contributed by atoms with Crippen molar-refractivity contribution in [1.82, 2.24) is 5.32 Å². The number of benzene rings is 2. The predicted octanol–water partition coefficient (Wildman–Crippen LogP) is 3.24. The summed E-state index contributed by atoms with van der Waals surface area (Å²) in [5, 5.41) is 2.84. The lowest BCUT2D eigenvalue weighted by molar-refractivity contribution is -0.120. The highest BCUT2D eigenvalue weighted by Crippen LogP contribution is 2.16. The minimum atomic E-state index is -0.330. The van der Waals surface area contributed by atoms with E-state index in [0.717, 1.165) is 30.8 Å². The summed E-state index contributed by atoms with van der Waals surface area (Å²) in [6.45, 7) is 1.83. The minimum absolute atomic E-state index is 0.135. The van der Waals surface area contributed by atoms with E-state index in [4.69, 9.17) is 9.47 Å². The van der Waals surface area contributed by atoms with Crippen molar-refractivity contribution >= 4 is 5.91 Å². The summed E-state index contributed by atoms with van der Waals surface area (Å²) in [6, 6.07) is 13.7. The van der Waals surface area contributed by atoms with Gasteiger partial charge in [0.15, 0.2) is 0 Å². The van der Waals surface area contributed by atoms with Gasteiger partial charge in [-0.15, -0.1) is 0 Å². The number of nitrogens with one attached hydrogen (secondary N) is 1. The first kappa shape index (κ1) is 17.4. The number of halogens is 1. The van der Waals surface area contributed by atoms with Crippen molar-refractivity contribution < 1.29 is 18.7 Å². The molecule has 0 unspecified atom stereocenters. The van der Waals surface area contributed by atoms with Crippen molar-refractivity contribution in [3.05, 3.63) is 65.5 Å². The van der Waals surface area contributed by atoms with Gasteiger partial charge in [0.1, 0.15) is 18.2 Å². The first-order valence-corrected chi connectivity index (χ1v) is 8.53. The second-order valence-electron chi connectivity index (χ2n) is 6.17. The Bertz CT molecular complexity index is 696. The largest absolute Gasteiger partial charge is 0.491 e. The fourth-order valence-corrected chi connectivity index (χ4v) is 2.76. The zero-order chi connectivity index (χ0) is 17.5. The molecule has 0 aliphatic carbocycles. The first-order valence-electron chi connectivity index (χ1n) is 8.53. The maximum atomic E-state index is 13.1. The van der Waals surface area contributed by atoms with E-state index in [-0.39, 0.29) is 24.2 Å². The van der Waals surface area contributed by atoms with E-state index < -0.39 is 0 Å². The molecule has 0 spiro atoms. The van der Waals surface area contributed by atoms with Crippen LogP contribution in [0, 0.1) is 5.82 Å². The molecule has 3 rings (SSSR count). The molecule has 1 N–H and O–H groups in total. The summed E-state index contributed by atoms with van der Waals surface area (Å²) in [4.78, 5) is 11.9. The number of hydrogen-bond acceptors (Lipinski definition) is 3. The Balaban J connectivity index is 1.42. The molecule has 0 radical (unpaired) electrons. The number of amides is 1. The van der Waals surface area contributed by atoms with Crippen LogP contribution in [0.15, 0.2) is 48.5 Å². The van der Waals surface area contributed by atoms with Gasteiger partial charge in [0.2, 0.25) is 5.91 Å². The molecule has 0 aromatic heterocycles. The normalized spacial score (nSPS) is 16.6. The highest BCUT2D eigenvalue weighted by Gasteiger charge is 2.15. The number of carbonyl (C=O) groups excluding carboxylic acids is 1. The van der Waals surface area contributed by atoms with Crippen molar-refractivity contribution in [3.63, 3.8) is 0 Å². The van der Waals surface area contributed by atoms with Gasteiger partial charge in [0.25, 0.3) is 0 Å². The molecule has 1 fully saturated rings. The third-order valence-electron chi connectivity index (χ3n) is 4.13. The fourth-order valence-electron chi connectivity index (χ4n) is 2.76. The van der Waals surface area contributed by atoms with E-state index >= 15 is 0 Å². The van der Waals surface area contributed by atoms with Crippen LogP contribution in [0.2, 0.25) is 0 Å². The van der Waals surface area contributed by atoms with Gasteiger partial charge in [0.05, 0.1) is 12.5 Å². The van der Waals surface area contributed by atoms with Crippen LogP contribution in [0.5, 0.6) is 5.75 Å². The Kier molecular flexibility index (Phi) is 6.01. The summed E-state index contributed by atoms with van der Waals surface area (Å²) in [6.07, 6.45) is 2.51. The molecule has 1 aliphatic heterocycles. The quantitative estimate of drug-likeness (QED) is 0.839. The molecule has 0 bridgehead atoms. The minimum Gasteiger partial charge on any atom is -0.491 e. The van der Waals surface area contributed by atoms with Crippen LogP contribution in [0.1, 0.15) is 24.0 Å². The third kappa shape index (κ3) is 5.57. The van der Waals surface area contributed by atoms with Crippen molar-refractivity contribution in [2.75, 3.05) is 13.2 Å². The molecule has 25 heavy (non-hydrogen) atoms. The Morgan fingerprint density at radius 1 is 1.20 bits per heavy atom. The van der Waals surface area contributed by atoms with Gasteiger partial charge in [-0.3, -0.25) is 4.79 Å². The molecule has 1 amide bonds. The molecule has 5 heteroatoms. The van der Waals surface area contributed by atoms with Gasteiger partial charge in [-0.2, -0.15) is 0 Å². The van der Waals surface area contributed by atoms with Crippen molar-refractivity contribution in [1.29, 1.82) is 0 Å². The maximum Gasteiger partial charge on any atom is 0.224 e. The first-order chi connectivity index (χ1) is 12.2. The van der Waals surface area contributed by atoms with Crippen LogP contribution in [-0.4, -0.2) is 25.2 Å². The highest BCUT2D eigenvalue weighted by atomic mass is 19.1. The van der Waals surface area contributed by atoms with E-state index in [0.29, 0.717) is 18.7 Å². The van der Waals surface area contributed by atoms with Crippen LogP contribution in [0.4, 0.5) is 4.39 Å². The molecule has 2 aromatic carbocycles. The van der Waals surface area contributed by atoms with Crippen LogP contribution < -0.4 is 10.1 Å². The number of rotatable bonds is 7. The van der Waals surface area contributed by atoms with E-state index in [1.165, 1.54) is 12.1 Å². The highest BCUT2D eigenvalue weighted by molar-refractivity contribution is 5.78. The third-order valence-corrected chi connectivity index (χ3v) is 4.13. The fraction of sp³-hybridized carbons (Fsp3) is 0.350. The molecule has 1 aliphatic rings. The average molecular weight is 343 g/mol. The second-order valence-corrected chi connectivity index (χ2v) is 6.17. The Labute approximate surface area is 147 Å². The summed E-state index contributed by atoms with van der Waals surface area (Å²) in [5.74, 6) is 0.332. The molecule has 2 aromatic rings. The van der Waals surface area contributed by atoms with Crippen LogP contribution >= 0.6 is 0 Å².